The normalized spacial score (nSPS) is 17.8. The molecule has 1 amide bonds. The lowest BCUT2D eigenvalue weighted by atomic mass is 10.1. The van der Waals surface area contributed by atoms with E-state index in [-0.39, 0.29) is 11.9 Å². The summed E-state index contributed by atoms with van der Waals surface area (Å²) in [7, 11) is 0. The van der Waals surface area contributed by atoms with Gasteiger partial charge in [0.25, 0.3) is 5.91 Å². The summed E-state index contributed by atoms with van der Waals surface area (Å²) in [6, 6.07) is 13.9. The van der Waals surface area contributed by atoms with E-state index in [0.29, 0.717) is 11.3 Å². The molecule has 4 rings (SSSR count). The summed E-state index contributed by atoms with van der Waals surface area (Å²) in [6.45, 7) is 2.89. The molecule has 1 fully saturated rings. The molecule has 28 heavy (non-hydrogen) atoms. The van der Waals surface area contributed by atoms with Gasteiger partial charge in [0.1, 0.15) is 17.5 Å². The van der Waals surface area contributed by atoms with E-state index in [9.17, 15) is 4.79 Å². The molecule has 0 saturated carbocycles. The van der Waals surface area contributed by atoms with Crippen LogP contribution in [0.1, 0.15) is 35.2 Å². The van der Waals surface area contributed by atoms with Crippen molar-refractivity contribution in [3.05, 3.63) is 72.2 Å². The van der Waals surface area contributed by atoms with Gasteiger partial charge in [0.2, 0.25) is 0 Å². The standard InChI is InChI=1S/C22H24N4O2/c27-22(20-16-28-25-21(20)18-7-2-1-3-8-18)24-19-9-5-12-26(13-10-19)15-17-6-4-11-23-14-17/h1-4,6-8,11,14,16,19H,5,9-10,12-13,15H2,(H,24,27)/t19-/m0/s1. The molecule has 3 aromatic rings. The molecule has 1 aliphatic heterocycles. The minimum Gasteiger partial charge on any atom is -0.363 e. The summed E-state index contributed by atoms with van der Waals surface area (Å²) in [4.78, 5) is 19.4. The maximum atomic E-state index is 12.8. The Morgan fingerprint density at radius 1 is 1.14 bits per heavy atom. The van der Waals surface area contributed by atoms with E-state index in [1.807, 2.05) is 42.6 Å². The molecule has 0 radical (unpaired) electrons. The van der Waals surface area contributed by atoms with Crippen molar-refractivity contribution < 1.29 is 9.32 Å². The van der Waals surface area contributed by atoms with E-state index < -0.39 is 0 Å². The first-order chi connectivity index (χ1) is 13.8. The van der Waals surface area contributed by atoms with Gasteiger partial charge >= 0.3 is 0 Å². The molecule has 1 atom stereocenters. The fraction of sp³-hybridized carbons (Fsp3) is 0.318. The van der Waals surface area contributed by atoms with Crippen LogP contribution in [-0.4, -0.2) is 40.1 Å². The third kappa shape index (κ3) is 4.46. The smallest absolute Gasteiger partial charge is 0.257 e. The fourth-order valence-corrected chi connectivity index (χ4v) is 3.67. The molecule has 0 spiro atoms. The molecule has 144 valence electrons. The molecule has 1 saturated heterocycles. The Bertz CT molecular complexity index is 895. The van der Waals surface area contributed by atoms with Crippen molar-refractivity contribution >= 4 is 5.91 Å². The predicted molar refractivity (Wildman–Crippen MR) is 107 cm³/mol. The number of benzene rings is 1. The van der Waals surface area contributed by atoms with Crippen molar-refractivity contribution in [1.82, 2.24) is 20.4 Å². The van der Waals surface area contributed by atoms with Crippen LogP contribution in [0.4, 0.5) is 0 Å². The van der Waals surface area contributed by atoms with Crippen LogP contribution in [0, 0.1) is 0 Å². The molecular weight excluding hydrogens is 352 g/mol. The first-order valence-corrected chi connectivity index (χ1v) is 9.71. The van der Waals surface area contributed by atoms with E-state index in [4.69, 9.17) is 4.52 Å². The summed E-state index contributed by atoms with van der Waals surface area (Å²) in [5, 5.41) is 7.21. The zero-order valence-corrected chi connectivity index (χ0v) is 15.8. The summed E-state index contributed by atoms with van der Waals surface area (Å²) < 4.78 is 5.09. The zero-order valence-electron chi connectivity index (χ0n) is 15.8. The molecule has 2 aromatic heterocycles. The highest BCUT2D eigenvalue weighted by Crippen LogP contribution is 2.22. The van der Waals surface area contributed by atoms with Crippen LogP contribution in [0.3, 0.4) is 0 Å². The lowest BCUT2D eigenvalue weighted by Gasteiger charge is -2.20. The molecule has 0 bridgehead atoms. The van der Waals surface area contributed by atoms with E-state index in [2.05, 4.69) is 26.4 Å². The summed E-state index contributed by atoms with van der Waals surface area (Å²) >= 11 is 0. The fourth-order valence-electron chi connectivity index (χ4n) is 3.67. The van der Waals surface area contributed by atoms with Gasteiger partial charge in [-0.1, -0.05) is 41.6 Å². The molecule has 0 unspecified atom stereocenters. The molecule has 1 aromatic carbocycles. The largest absolute Gasteiger partial charge is 0.363 e. The summed E-state index contributed by atoms with van der Waals surface area (Å²) in [5.74, 6) is -0.120. The molecule has 1 aliphatic rings. The van der Waals surface area contributed by atoms with Crippen LogP contribution in [0.25, 0.3) is 11.3 Å². The van der Waals surface area contributed by atoms with Gasteiger partial charge in [-0.05, 0) is 37.4 Å². The van der Waals surface area contributed by atoms with Crippen molar-refractivity contribution in [3.63, 3.8) is 0 Å². The number of carbonyl (C=O) groups excluding carboxylic acids is 1. The molecule has 0 aliphatic carbocycles. The number of carbonyl (C=O) groups is 1. The second-order valence-electron chi connectivity index (χ2n) is 7.18. The summed E-state index contributed by atoms with van der Waals surface area (Å²) in [6.07, 6.45) is 8.11. The third-order valence-corrected chi connectivity index (χ3v) is 5.15. The van der Waals surface area contributed by atoms with Crippen LogP contribution in [0.15, 0.2) is 65.6 Å². The molecule has 6 heteroatoms. The highest BCUT2D eigenvalue weighted by Gasteiger charge is 2.22. The number of nitrogens with one attached hydrogen (secondary N) is 1. The highest BCUT2D eigenvalue weighted by atomic mass is 16.5. The van der Waals surface area contributed by atoms with Crippen LogP contribution >= 0.6 is 0 Å². The monoisotopic (exact) mass is 376 g/mol. The lowest BCUT2D eigenvalue weighted by molar-refractivity contribution is 0.0933. The van der Waals surface area contributed by atoms with Crippen molar-refractivity contribution in [2.45, 2.75) is 31.8 Å². The van der Waals surface area contributed by atoms with Gasteiger partial charge in [0.05, 0.1) is 0 Å². The maximum Gasteiger partial charge on any atom is 0.257 e. The minimum absolute atomic E-state index is 0.120. The predicted octanol–water partition coefficient (Wildman–Crippen LogP) is 3.52. The Morgan fingerprint density at radius 2 is 2.04 bits per heavy atom. The van der Waals surface area contributed by atoms with Crippen molar-refractivity contribution in [2.24, 2.45) is 0 Å². The van der Waals surface area contributed by atoms with E-state index in [1.54, 1.807) is 6.20 Å². The quantitative estimate of drug-likeness (QED) is 0.738. The van der Waals surface area contributed by atoms with Crippen molar-refractivity contribution in [3.8, 4) is 11.3 Å². The lowest BCUT2D eigenvalue weighted by Crippen LogP contribution is -2.35. The SMILES string of the molecule is O=C(N[C@H]1CCCN(Cc2cccnc2)CC1)c1conc1-c1ccccc1. The van der Waals surface area contributed by atoms with Crippen LogP contribution in [0.5, 0.6) is 0 Å². The number of hydrogen-bond donors (Lipinski definition) is 1. The first kappa shape index (κ1) is 18.4. The Morgan fingerprint density at radius 3 is 2.86 bits per heavy atom. The topological polar surface area (TPSA) is 71.3 Å². The number of amides is 1. The average molecular weight is 376 g/mol. The Balaban J connectivity index is 1.36. The van der Waals surface area contributed by atoms with Crippen LogP contribution in [-0.2, 0) is 6.54 Å². The number of hydrogen-bond acceptors (Lipinski definition) is 5. The number of nitrogens with zero attached hydrogens (tertiary/aromatic N) is 3. The van der Waals surface area contributed by atoms with E-state index >= 15 is 0 Å². The molecule has 3 heterocycles. The Hall–Kier alpha value is -2.99. The van der Waals surface area contributed by atoms with Gasteiger partial charge in [0, 0.05) is 37.1 Å². The number of likely N-dealkylation sites (tertiary alicyclic amines) is 1. The van der Waals surface area contributed by atoms with E-state index in [1.165, 1.54) is 11.8 Å². The second kappa shape index (κ2) is 8.80. The number of pyridine rings is 1. The molecule has 1 N–H and O–H groups in total. The Labute approximate surface area is 164 Å². The van der Waals surface area contributed by atoms with E-state index in [0.717, 1.165) is 44.5 Å². The highest BCUT2D eigenvalue weighted by molar-refractivity contribution is 5.99. The zero-order chi connectivity index (χ0) is 19.2. The van der Waals surface area contributed by atoms with Gasteiger partial charge in [-0.25, -0.2) is 0 Å². The minimum atomic E-state index is -0.120. The molecular formula is C22H24N4O2. The van der Waals surface area contributed by atoms with Gasteiger partial charge < -0.3 is 9.84 Å². The van der Waals surface area contributed by atoms with Crippen molar-refractivity contribution in [1.29, 1.82) is 0 Å². The number of rotatable bonds is 5. The summed E-state index contributed by atoms with van der Waals surface area (Å²) in [5.41, 5.74) is 3.18. The molecule has 6 nitrogen and oxygen atoms in total. The van der Waals surface area contributed by atoms with Crippen molar-refractivity contribution in [2.75, 3.05) is 13.1 Å². The van der Waals surface area contributed by atoms with Crippen LogP contribution < -0.4 is 5.32 Å². The average Bonchev–Trinajstić information content (AvgIpc) is 3.13. The van der Waals surface area contributed by atoms with Gasteiger partial charge in [-0.15, -0.1) is 0 Å². The van der Waals surface area contributed by atoms with Gasteiger partial charge in [-0.2, -0.15) is 0 Å². The third-order valence-electron chi connectivity index (χ3n) is 5.15. The van der Waals surface area contributed by atoms with Crippen LogP contribution in [0.2, 0.25) is 0 Å². The van der Waals surface area contributed by atoms with Gasteiger partial charge in [-0.3, -0.25) is 14.7 Å². The number of aromatic nitrogens is 2. The first-order valence-electron chi connectivity index (χ1n) is 9.71. The maximum absolute atomic E-state index is 12.8. The second-order valence-corrected chi connectivity index (χ2v) is 7.18. The van der Waals surface area contributed by atoms with Gasteiger partial charge in [0.15, 0.2) is 0 Å². The Kier molecular flexibility index (Phi) is 5.77.